The second-order valence-electron chi connectivity index (χ2n) is 7.42. The van der Waals surface area contributed by atoms with Gasteiger partial charge in [0.15, 0.2) is 0 Å². The quantitative estimate of drug-likeness (QED) is 0.580. The predicted molar refractivity (Wildman–Crippen MR) is 111 cm³/mol. The molecule has 3 aromatic rings. The van der Waals surface area contributed by atoms with Crippen LogP contribution in [-0.2, 0) is 24.3 Å². The molecule has 1 amide bonds. The van der Waals surface area contributed by atoms with E-state index < -0.39 is 0 Å². The Labute approximate surface area is 170 Å². The van der Waals surface area contributed by atoms with Crippen molar-refractivity contribution in [3.05, 3.63) is 83.2 Å². The summed E-state index contributed by atoms with van der Waals surface area (Å²) in [6.07, 6.45) is 6.55. The Hall–Kier alpha value is -3.12. The predicted octanol–water partition coefficient (Wildman–Crippen LogP) is 2.92. The molecule has 1 aliphatic carbocycles. The number of fused-ring (bicyclic) bond motifs is 1. The molecule has 0 fully saturated rings. The summed E-state index contributed by atoms with van der Waals surface area (Å²) in [6, 6.07) is 15.7. The first-order valence-corrected chi connectivity index (χ1v) is 10.1. The van der Waals surface area contributed by atoms with Crippen LogP contribution >= 0.6 is 0 Å². The van der Waals surface area contributed by atoms with Gasteiger partial charge in [-0.15, -0.1) is 0 Å². The summed E-state index contributed by atoms with van der Waals surface area (Å²) in [5, 5.41) is 20.7. The molecule has 1 atom stereocenters. The first-order chi connectivity index (χ1) is 14.2. The molecule has 0 bridgehead atoms. The number of amides is 1. The number of carbonyl (C=O) groups is 1. The maximum Gasteiger partial charge on any atom is 0.234 e. The number of nitrogens with zero attached hydrogens (tertiary/aromatic N) is 2. The van der Waals surface area contributed by atoms with Crippen LogP contribution < -0.4 is 10.6 Å². The van der Waals surface area contributed by atoms with Crippen LogP contribution in [0.2, 0.25) is 0 Å². The van der Waals surface area contributed by atoms with Crippen LogP contribution in [0.15, 0.2) is 60.9 Å². The van der Waals surface area contributed by atoms with Gasteiger partial charge in [-0.2, -0.15) is 5.10 Å². The summed E-state index contributed by atoms with van der Waals surface area (Å²) in [6.45, 7) is 1.42. The SMILES string of the molecule is O=C(CNC1CCCc2c(O)cccc21)NCc1ccccc1Cn1cccn1. The molecule has 4 rings (SSSR count). The average molecular weight is 390 g/mol. The zero-order chi connectivity index (χ0) is 20.1. The van der Waals surface area contributed by atoms with E-state index in [0.717, 1.165) is 41.5 Å². The van der Waals surface area contributed by atoms with E-state index in [2.05, 4.69) is 21.8 Å². The van der Waals surface area contributed by atoms with Gasteiger partial charge in [0.1, 0.15) is 5.75 Å². The van der Waals surface area contributed by atoms with Gasteiger partial charge in [0.25, 0.3) is 0 Å². The molecule has 6 nitrogen and oxygen atoms in total. The van der Waals surface area contributed by atoms with E-state index in [1.165, 1.54) is 0 Å². The molecule has 1 aliphatic rings. The highest BCUT2D eigenvalue weighted by Gasteiger charge is 2.22. The van der Waals surface area contributed by atoms with E-state index in [1.54, 1.807) is 12.3 Å². The molecule has 0 radical (unpaired) electrons. The highest BCUT2D eigenvalue weighted by molar-refractivity contribution is 5.78. The van der Waals surface area contributed by atoms with E-state index in [4.69, 9.17) is 0 Å². The molecule has 29 heavy (non-hydrogen) atoms. The highest BCUT2D eigenvalue weighted by Crippen LogP contribution is 2.34. The van der Waals surface area contributed by atoms with Crippen molar-refractivity contribution >= 4 is 5.91 Å². The lowest BCUT2D eigenvalue weighted by molar-refractivity contribution is -0.120. The zero-order valence-corrected chi connectivity index (χ0v) is 16.3. The van der Waals surface area contributed by atoms with Crippen molar-refractivity contribution in [1.82, 2.24) is 20.4 Å². The van der Waals surface area contributed by atoms with Gasteiger partial charge in [0, 0.05) is 25.0 Å². The van der Waals surface area contributed by atoms with Gasteiger partial charge in [-0.3, -0.25) is 9.48 Å². The molecule has 3 N–H and O–H groups in total. The number of phenolic OH excluding ortho intramolecular Hbond substituents is 1. The third-order valence-electron chi connectivity index (χ3n) is 5.48. The Morgan fingerprint density at radius 1 is 1.14 bits per heavy atom. The first kappa shape index (κ1) is 19.2. The molecular formula is C23H26N4O2. The summed E-state index contributed by atoms with van der Waals surface area (Å²) in [5.74, 6) is 0.318. The Morgan fingerprint density at radius 3 is 2.83 bits per heavy atom. The minimum atomic E-state index is -0.0360. The van der Waals surface area contributed by atoms with E-state index in [9.17, 15) is 9.90 Å². The van der Waals surface area contributed by atoms with Crippen LogP contribution in [-0.4, -0.2) is 27.3 Å². The topological polar surface area (TPSA) is 79.2 Å². The maximum atomic E-state index is 12.4. The van der Waals surface area contributed by atoms with E-state index >= 15 is 0 Å². The molecule has 2 aromatic carbocycles. The fraction of sp³-hybridized carbons (Fsp3) is 0.304. The zero-order valence-electron chi connectivity index (χ0n) is 16.3. The summed E-state index contributed by atoms with van der Waals surface area (Å²) in [5.41, 5.74) is 4.34. The summed E-state index contributed by atoms with van der Waals surface area (Å²) < 4.78 is 1.87. The van der Waals surface area contributed by atoms with Crippen molar-refractivity contribution in [2.75, 3.05) is 6.54 Å². The van der Waals surface area contributed by atoms with Crippen molar-refractivity contribution in [3.8, 4) is 5.75 Å². The van der Waals surface area contributed by atoms with Crippen LogP contribution in [0.25, 0.3) is 0 Å². The van der Waals surface area contributed by atoms with Crippen LogP contribution in [0, 0.1) is 0 Å². The number of hydrogen-bond donors (Lipinski definition) is 3. The van der Waals surface area contributed by atoms with Crippen molar-refractivity contribution in [1.29, 1.82) is 0 Å². The lowest BCUT2D eigenvalue weighted by Crippen LogP contribution is -2.36. The van der Waals surface area contributed by atoms with Crippen molar-refractivity contribution in [2.45, 2.75) is 38.4 Å². The lowest BCUT2D eigenvalue weighted by Gasteiger charge is -2.26. The normalized spacial score (nSPS) is 15.7. The lowest BCUT2D eigenvalue weighted by atomic mass is 9.87. The van der Waals surface area contributed by atoms with Gasteiger partial charge < -0.3 is 15.7 Å². The van der Waals surface area contributed by atoms with Gasteiger partial charge in [-0.1, -0.05) is 36.4 Å². The Kier molecular flexibility index (Phi) is 5.91. The monoisotopic (exact) mass is 390 g/mol. The second kappa shape index (κ2) is 8.92. The van der Waals surface area contributed by atoms with Gasteiger partial charge in [0.2, 0.25) is 5.91 Å². The fourth-order valence-electron chi connectivity index (χ4n) is 3.97. The number of phenols is 1. The van der Waals surface area contributed by atoms with Crippen LogP contribution in [0.1, 0.15) is 41.1 Å². The molecule has 150 valence electrons. The highest BCUT2D eigenvalue weighted by atomic mass is 16.3. The number of benzene rings is 2. The number of nitrogens with one attached hydrogen (secondary N) is 2. The molecule has 0 saturated heterocycles. The number of carbonyl (C=O) groups excluding carboxylic acids is 1. The van der Waals surface area contributed by atoms with E-state index in [1.807, 2.05) is 47.3 Å². The van der Waals surface area contributed by atoms with Crippen LogP contribution in [0.4, 0.5) is 0 Å². The number of aromatic nitrogens is 2. The largest absolute Gasteiger partial charge is 0.508 e. The Balaban J connectivity index is 1.32. The Morgan fingerprint density at radius 2 is 2.00 bits per heavy atom. The number of aromatic hydroxyl groups is 1. The fourth-order valence-corrected chi connectivity index (χ4v) is 3.97. The third kappa shape index (κ3) is 4.66. The van der Waals surface area contributed by atoms with Gasteiger partial charge >= 0.3 is 0 Å². The number of rotatable bonds is 7. The maximum absolute atomic E-state index is 12.4. The molecule has 0 spiro atoms. The molecule has 6 heteroatoms. The van der Waals surface area contributed by atoms with E-state index in [0.29, 0.717) is 18.8 Å². The van der Waals surface area contributed by atoms with Crippen molar-refractivity contribution in [3.63, 3.8) is 0 Å². The van der Waals surface area contributed by atoms with Crippen LogP contribution in [0.5, 0.6) is 5.75 Å². The van der Waals surface area contributed by atoms with Crippen LogP contribution in [0.3, 0.4) is 0 Å². The third-order valence-corrected chi connectivity index (χ3v) is 5.48. The molecule has 1 unspecified atom stereocenters. The summed E-state index contributed by atoms with van der Waals surface area (Å²) in [7, 11) is 0. The average Bonchev–Trinajstić information content (AvgIpc) is 3.25. The summed E-state index contributed by atoms with van der Waals surface area (Å²) in [4.78, 5) is 12.4. The van der Waals surface area contributed by atoms with Gasteiger partial charge in [-0.25, -0.2) is 0 Å². The minimum Gasteiger partial charge on any atom is -0.508 e. The van der Waals surface area contributed by atoms with E-state index in [-0.39, 0.29) is 18.5 Å². The van der Waals surface area contributed by atoms with Crippen molar-refractivity contribution in [2.24, 2.45) is 0 Å². The first-order valence-electron chi connectivity index (χ1n) is 10.1. The van der Waals surface area contributed by atoms with Gasteiger partial charge in [-0.05, 0) is 53.6 Å². The molecule has 0 saturated carbocycles. The Bertz CT molecular complexity index is 969. The second-order valence-corrected chi connectivity index (χ2v) is 7.42. The molecule has 1 aromatic heterocycles. The molecule has 0 aliphatic heterocycles. The minimum absolute atomic E-state index is 0.0360. The molecular weight excluding hydrogens is 364 g/mol. The number of hydrogen-bond acceptors (Lipinski definition) is 4. The smallest absolute Gasteiger partial charge is 0.234 e. The van der Waals surface area contributed by atoms with Gasteiger partial charge in [0.05, 0.1) is 13.1 Å². The van der Waals surface area contributed by atoms with Crippen molar-refractivity contribution < 1.29 is 9.90 Å². The molecule has 1 heterocycles. The summed E-state index contributed by atoms with van der Waals surface area (Å²) >= 11 is 0. The standard InChI is InChI=1S/C23H26N4O2/c28-22-11-4-8-19-20(22)9-3-10-21(19)24-15-23(29)25-14-17-6-1-2-7-18(17)16-27-13-5-12-26-27/h1-2,4-8,11-13,21,24,28H,3,9-10,14-16H2,(H,25,29).